The van der Waals surface area contributed by atoms with Gasteiger partial charge in [0.2, 0.25) is 0 Å². The number of nitrogens with zero attached hydrogens (tertiary/aromatic N) is 1. The smallest absolute Gasteiger partial charge is 0.324 e. The summed E-state index contributed by atoms with van der Waals surface area (Å²) in [6.07, 6.45) is 5.80. The Morgan fingerprint density at radius 2 is 2.35 bits per heavy atom. The van der Waals surface area contributed by atoms with E-state index in [-0.39, 0.29) is 17.6 Å². The number of esters is 1. The third kappa shape index (κ3) is 2.71. The number of nitrogens with one attached hydrogen (secondary N) is 1. The van der Waals surface area contributed by atoms with Crippen molar-refractivity contribution in [3.63, 3.8) is 0 Å². The van der Waals surface area contributed by atoms with E-state index in [1.807, 2.05) is 6.92 Å². The molecule has 0 aromatic carbocycles. The molecule has 0 aromatic heterocycles. The Kier molecular flexibility index (Phi) is 4.29. The van der Waals surface area contributed by atoms with Crippen molar-refractivity contribution in [2.24, 2.45) is 0 Å². The number of hydrogen-bond donors (Lipinski definition) is 1. The molecule has 0 bridgehead atoms. The average Bonchev–Trinajstić information content (AvgIpc) is 2.46. The van der Waals surface area contributed by atoms with E-state index < -0.39 is 0 Å². The Bertz CT molecular complexity index is 357. The summed E-state index contributed by atoms with van der Waals surface area (Å²) < 4.78 is 11.3. The lowest BCUT2D eigenvalue weighted by Crippen LogP contribution is -2.62. The third-order valence-electron chi connectivity index (χ3n) is 5.04. The van der Waals surface area contributed by atoms with Gasteiger partial charge >= 0.3 is 5.97 Å². The summed E-state index contributed by atoms with van der Waals surface area (Å²) in [5.74, 6) is -0.0751. The second-order valence-electron chi connectivity index (χ2n) is 6.24. The van der Waals surface area contributed by atoms with Gasteiger partial charge in [-0.05, 0) is 39.0 Å². The number of carbonyl (C=O) groups excluding carboxylic acids is 1. The molecule has 0 radical (unpaired) electrons. The molecule has 2 saturated heterocycles. The lowest BCUT2D eigenvalue weighted by atomic mass is 9.73. The topological polar surface area (TPSA) is 50.8 Å². The molecule has 3 fully saturated rings. The number of hydrogen-bond acceptors (Lipinski definition) is 5. The van der Waals surface area contributed by atoms with Gasteiger partial charge < -0.3 is 14.8 Å². The molecule has 1 aliphatic carbocycles. The SMILES string of the molecule is CCOC(=O)C1CNCCN1C1CCOC2(CCC2)C1. The van der Waals surface area contributed by atoms with Crippen LogP contribution in [-0.4, -0.2) is 61.4 Å². The largest absolute Gasteiger partial charge is 0.465 e. The summed E-state index contributed by atoms with van der Waals surface area (Å²) in [6.45, 7) is 5.77. The predicted octanol–water partition coefficient (Wildman–Crippen LogP) is 0.925. The van der Waals surface area contributed by atoms with Gasteiger partial charge in [0, 0.05) is 32.3 Å². The molecule has 5 nitrogen and oxygen atoms in total. The summed E-state index contributed by atoms with van der Waals surface area (Å²) in [4.78, 5) is 14.5. The predicted molar refractivity (Wildman–Crippen MR) is 75.6 cm³/mol. The molecule has 2 unspecified atom stereocenters. The third-order valence-corrected chi connectivity index (χ3v) is 5.04. The molecule has 1 spiro atoms. The Hall–Kier alpha value is -0.650. The number of carbonyl (C=O) groups is 1. The van der Waals surface area contributed by atoms with Crippen molar-refractivity contribution < 1.29 is 14.3 Å². The van der Waals surface area contributed by atoms with E-state index in [1.54, 1.807) is 0 Å². The highest BCUT2D eigenvalue weighted by Crippen LogP contribution is 2.43. The molecule has 5 heteroatoms. The van der Waals surface area contributed by atoms with Crippen LogP contribution in [0.5, 0.6) is 0 Å². The van der Waals surface area contributed by atoms with Crippen LogP contribution < -0.4 is 5.32 Å². The van der Waals surface area contributed by atoms with Gasteiger partial charge in [-0.3, -0.25) is 9.69 Å². The maximum absolute atomic E-state index is 12.2. The van der Waals surface area contributed by atoms with Crippen molar-refractivity contribution in [2.45, 2.75) is 56.7 Å². The molecular formula is C15H26N2O3. The van der Waals surface area contributed by atoms with Crippen LogP contribution in [0.1, 0.15) is 39.0 Å². The minimum absolute atomic E-state index is 0.0751. The second kappa shape index (κ2) is 6.00. The van der Waals surface area contributed by atoms with Crippen molar-refractivity contribution in [1.82, 2.24) is 10.2 Å². The Balaban J connectivity index is 1.67. The van der Waals surface area contributed by atoms with E-state index in [4.69, 9.17) is 9.47 Å². The zero-order valence-corrected chi connectivity index (χ0v) is 12.4. The van der Waals surface area contributed by atoms with Gasteiger partial charge in [0.05, 0.1) is 12.2 Å². The summed E-state index contributed by atoms with van der Waals surface area (Å²) in [6, 6.07) is 0.351. The summed E-state index contributed by atoms with van der Waals surface area (Å²) >= 11 is 0. The zero-order chi connectivity index (χ0) is 14.0. The van der Waals surface area contributed by atoms with E-state index in [0.29, 0.717) is 19.2 Å². The lowest BCUT2D eigenvalue weighted by Gasteiger charge is -2.51. The molecule has 3 rings (SSSR count). The van der Waals surface area contributed by atoms with Crippen LogP contribution >= 0.6 is 0 Å². The highest BCUT2D eigenvalue weighted by molar-refractivity contribution is 5.76. The van der Waals surface area contributed by atoms with Gasteiger partial charge in [-0.2, -0.15) is 0 Å². The Morgan fingerprint density at radius 3 is 3.05 bits per heavy atom. The van der Waals surface area contributed by atoms with Crippen molar-refractivity contribution in [2.75, 3.05) is 32.8 Å². The molecule has 0 amide bonds. The van der Waals surface area contributed by atoms with Crippen LogP contribution in [0.25, 0.3) is 0 Å². The fourth-order valence-corrected chi connectivity index (χ4v) is 3.82. The van der Waals surface area contributed by atoms with Gasteiger partial charge in [-0.25, -0.2) is 0 Å². The van der Waals surface area contributed by atoms with Crippen molar-refractivity contribution in [3.8, 4) is 0 Å². The molecule has 0 aromatic rings. The van der Waals surface area contributed by atoms with E-state index in [2.05, 4.69) is 10.2 Å². The molecule has 1 N–H and O–H groups in total. The minimum atomic E-state index is -0.121. The maximum atomic E-state index is 12.2. The van der Waals surface area contributed by atoms with Crippen LogP contribution in [0.4, 0.5) is 0 Å². The normalized spacial score (nSPS) is 33.6. The monoisotopic (exact) mass is 282 g/mol. The van der Waals surface area contributed by atoms with Gasteiger partial charge in [0.1, 0.15) is 6.04 Å². The molecule has 3 aliphatic rings. The lowest BCUT2D eigenvalue weighted by molar-refractivity contribution is -0.166. The van der Waals surface area contributed by atoms with Crippen molar-refractivity contribution >= 4 is 5.97 Å². The van der Waals surface area contributed by atoms with Gasteiger partial charge in [0.15, 0.2) is 0 Å². The van der Waals surface area contributed by atoms with Crippen molar-refractivity contribution in [3.05, 3.63) is 0 Å². The molecule has 2 aliphatic heterocycles. The van der Waals surface area contributed by atoms with E-state index in [1.165, 1.54) is 19.3 Å². The van der Waals surface area contributed by atoms with Gasteiger partial charge in [0.25, 0.3) is 0 Å². The molecule has 2 atom stereocenters. The average molecular weight is 282 g/mol. The Labute approximate surface area is 121 Å². The Morgan fingerprint density at radius 1 is 1.50 bits per heavy atom. The van der Waals surface area contributed by atoms with E-state index >= 15 is 0 Å². The first-order chi connectivity index (χ1) is 9.74. The highest BCUT2D eigenvalue weighted by Gasteiger charge is 2.46. The summed E-state index contributed by atoms with van der Waals surface area (Å²) in [5, 5.41) is 3.32. The van der Waals surface area contributed by atoms with Crippen LogP contribution in [0.15, 0.2) is 0 Å². The molecule has 1 saturated carbocycles. The highest BCUT2D eigenvalue weighted by atomic mass is 16.5. The first-order valence-corrected chi connectivity index (χ1v) is 8.01. The number of ether oxygens (including phenoxy) is 2. The van der Waals surface area contributed by atoms with Crippen molar-refractivity contribution in [1.29, 1.82) is 0 Å². The minimum Gasteiger partial charge on any atom is -0.465 e. The molecular weight excluding hydrogens is 256 g/mol. The summed E-state index contributed by atoms with van der Waals surface area (Å²) in [5.41, 5.74) is 0.132. The van der Waals surface area contributed by atoms with Crippen LogP contribution in [0.3, 0.4) is 0 Å². The first-order valence-electron chi connectivity index (χ1n) is 8.01. The zero-order valence-electron chi connectivity index (χ0n) is 12.4. The maximum Gasteiger partial charge on any atom is 0.324 e. The van der Waals surface area contributed by atoms with E-state index in [9.17, 15) is 4.79 Å². The molecule has 2 heterocycles. The van der Waals surface area contributed by atoms with Gasteiger partial charge in [-0.1, -0.05) is 0 Å². The number of rotatable bonds is 3. The second-order valence-corrected chi connectivity index (χ2v) is 6.24. The molecule has 20 heavy (non-hydrogen) atoms. The van der Waals surface area contributed by atoms with Gasteiger partial charge in [-0.15, -0.1) is 0 Å². The standard InChI is InChI=1S/C15H26N2O3/c1-2-19-14(18)13-11-16-7-8-17(13)12-4-9-20-15(10-12)5-3-6-15/h12-13,16H,2-11H2,1H3. The van der Waals surface area contributed by atoms with Crippen LogP contribution in [0.2, 0.25) is 0 Å². The van der Waals surface area contributed by atoms with Crippen LogP contribution in [-0.2, 0) is 14.3 Å². The van der Waals surface area contributed by atoms with Crippen LogP contribution in [0, 0.1) is 0 Å². The quantitative estimate of drug-likeness (QED) is 0.780. The van der Waals surface area contributed by atoms with E-state index in [0.717, 1.165) is 32.5 Å². The number of piperazine rings is 1. The molecule has 114 valence electrons. The fraction of sp³-hybridized carbons (Fsp3) is 0.933. The summed E-state index contributed by atoms with van der Waals surface area (Å²) in [7, 11) is 0. The fourth-order valence-electron chi connectivity index (χ4n) is 3.82. The first kappa shape index (κ1) is 14.3.